The second kappa shape index (κ2) is 8.85. The van der Waals surface area contributed by atoms with Gasteiger partial charge in [0.1, 0.15) is 11.4 Å². The number of hydrogen-bond donors (Lipinski definition) is 2. The molecule has 3 rings (SSSR count). The van der Waals surface area contributed by atoms with Crippen molar-refractivity contribution in [3.05, 3.63) is 84.2 Å². The van der Waals surface area contributed by atoms with E-state index in [1.54, 1.807) is 12.3 Å². The quantitative estimate of drug-likeness (QED) is 0.638. The number of hydrogen-bond acceptors (Lipinski definition) is 4. The van der Waals surface area contributed by atoms with Crippen LogP contribution in [0.15, 0.2) is 72.9 Å². The van der Waals surface area contributed by atoms with Gasteiger partial charge in [0, 0.05) is 24.1 Å². The number of carbonyl (C=O) groups excluding carboxylic acids is 1. The number of rotatable bonds is 7. The van der Waals surface area contributed by atoms with Crippen LogP contribution in [-0.2, 0) is 6.54 Å². The Morgan fingerprint density at radius 3 is 2.44 bits per heavy atom. The van der Waals surface area contributed by atoms with Crippen LogP contribution < -0.4 is 15.4 Å². The molecular formula is C22H23N3O2. The third-order valence-corrected chi connectivity index (χ3v) is 3.82. The summed E-state index contributed by atoms with van der Waals surface area (Å²) in [6, 6.07) is 21.0. The van der Waals surface area contributed by atoms with E-state index in [0.717, 1.165) is 11.4 Å². The summed E-state index contributed by atoms with van der Waals surface area (Å²) in [7, 11) is 0. The largest absolute Gasteiger partial charge is 0.491 e. The Bertz CT molecular complexity index is 878. The van der Waals surface area contributed by atoms with E-state index in [0.29, 0.717) is 17.9 Å². The van der Waals surface area contributed by atoms with E-state index in [1.165, 1.54) is 5.56 Å². The van der Waals surface area contributed by atoms with Crippen LogP contribution in [0.25, 0.3) is 0 Å². The normalized spacial score (nSPS) is 10.5. The maximum absolute atomic E-state index is 12.5. The number of nitrogens with zero attached hydrogens (tertiary/aromatic N) is 1. The van der Waals surface area contributed by atoms with Gasteiger partial charge in [0.15, 0.2) is 0 Å². The van der Waals surface area contributed by atoms with Gasteiger partial charge in [-0.05, 0) is 55.8 Å². The first-order valence-corrected chi connectivity index (χ1v) is 8.92. The molecule has 5 nitrogen and oxygen atoms in total. The molecule has 0 saturated heterocycles. The number of nitrogens with one attached hydrogen (secondary N) is 2. The number of ether oxygens (including phenoxy) is 1. The number of benzene rings is 2. The fourth-order valence-corrected chi connectivity index (χ4v) is 2.55. The molecule has 0 bridgehead atoms. The van der Waals surface area contributed by atoms with Crippen molar-refractivity contribution in [1.29, 1.82) is 0 Å². The molecule has 0 saturated carbocycles. The third-order valence-electron chi connectivity index (χ3n) is 3.82. The molecule has 0 spiro atoms. The molecule has 2 aromatic carbocycles. The highest BCUT2D eigenvalue weighted by molar-refractivity contribution is 6.03. The summed E-state index contributed by atoms with van der Waals surface area (Å²) in [6.45, 7) is 4.63. The van der Waals surface area contributed by atoms with Crippen molar-refractivity contribution in [2.24, 2.45) is 0 Å². The summed E-state index contributed by atoms with van der Waals surface area (Å²) in [4.78, 5) is 16.6. The van der Waals surface area contributed by atoms with E-state index in [4.69, 9.17) is 4.74 Å². The summed E-state index contributed by atoms with van der Waals surface area (Å²) < 4.78 is 5.60. The summed E-state index contributed by atoms with van der Waals surface area (Å²) >= 11 is 0. The minimum absolute atomic E-state index is 0.112. The standard InChI is InChI=1S/C22H23N3O2/c1-16(2)27-20-10-8-18(9-11-20)25-22(26)21-14-19(12-13-23-21)24-15-17-6-4-3-5-7-17/h3-14,16H,15H2,1-2H3,(H,23,24)(H,25,26). The molecule has 0 atom stereocenters. The summed E-state index contributed by atoms with van der Waals surface area (Å²) in [5, 5.41) is 6.16. The lowest BCUT2D eigenvalue weighted by Crippen LogP contribution is -2.14. The highest BCUT2D eigenvalue weighted by Gasteiger charge is 2.09. The van der Waals surface area contributed by atoms with Crippen molar-refractivity contribution in [1.82, 2.24) is 4.98 Å². The van der Waals surface area contributed by atoms with Gasteiger partial charge in [-0.1, -0.05) is 30.3 Å². The van der Waals surface area contributed by atoms with Crippen LogP contribution in [0.1, 0.15) is 29.9 Å². The van der Waals surface area contributed by atoms with Crippen LogP contribution in [0.2, 0.25) is 0 Å². The van der Waals surface area contributed by atoms with Gasteiger partial charge >= 0.3 is 0 Å². The lowest BCUT2D eigenvalue weighted by Gasteiger charge is -2.11. The van der Waals surface area contributed by atoms with E-state index in [2.05, 4.69) is 27.8 Å². The summed E-state index contributed by atoms with van der Waals surface area (Å²) in [6.07, 6.45) is 1.74. The van der Waals surface area contributed by atoms with Crippen molar-refractivity contribution in [3.63, 3.8) is 0 Å². The zero-order valence-electron chi connectivity index (χ0n) is 15.5. The average Bonchev–Trinajstić information content (AvgIpc) is 2.68. The highest BCUT2D eigenvalue weighted by atomic mass is 16.5. The Kier molecular flexibility index (Phi) is 6.05. The van der Waals surface area contributed by atoms with Crippen molar-refractivity contribution in [2.45, 2.75) is 26.5 Å². The number of carbonyl (C=O) groups is 1. The molecule has 0 aliphatic heterocycles. The summed E-state index contributed by atoms with van der Waals surface area (Å²) in [5.74, 6) is 0.518. The molecule has 3 aromatic rings. The minimum Gasteiger partial charge on any atom is -0.491 e. The molecule has 0 aliphatic carbocycles. The Morgan fingerprint density at radius 2 is 1.74 bits per heavy atom. The topological polar surface area (TPSA) is 63.2 Å². The zero-order valence-corrected chi connectivity index (χ0v) is 15.5. The van der Waals surface area contributed by atoms with Gasteiger partial charge in [-0.3, -0.25) is 9.78 Å². The number of aromatic nitrogens is 1. The zero-order chi connectivity index (χ0) is 19.1. The Hall–Kier alpha value is -3.34. The van der Waals surface area contributed by atoms with Gasteiger partial charge < -0.3 is 15.4 Å². The molecule has 27 heavy (non-hydrogen) atoms. The maximum Gasteiger partial charge on any atom is 0.274 e. The number of anilines is 2. The highest BCUT2D eigenvalue weighted by Crippen LogP contribution is 2.18. The van der Waals surface area contributed by atoms with Gasteiger partial charge in [0.2, 0.25) is 0 Å². The number of pyridine rings is 1. The molecule has 0 fully saturated rings. The molecule has 1 aromatic heterocycles. The molecule has 0 aliphatic rings. The Morgan fingerprint density at radius 1 is 1.00 bits per heavy atom. The predicted molar refractivity (Wildman–Crippen MR) is 108 cm³/mol. The lowest BCUT2D eigenvalue weighted by atomic mass is 10.2. The average molecular weight is 361 g/mol. The maximum atomic E-state index is 12.5. The van der Waals surface area contributed by atoms with Gasteiger partial charge in [0.25, 0.3) is 5.91 Å². The van der Waals surface area contributed by atoms with Crippen LogP contribution in [0.3, 0.4) is 0 Å². The molecule has 138 valence electrons. The van der Waals surface area contributed by atoms with Crippen molar-refractivity contribution >= 4 is 17.3 Å². The van der Waals surface area contributed by atoms with E-state index in [-0.39, 0.29) is 12.0 Å². The summed E-state index contributed by atoms with van der Waals surface area (Å²) in [5.41, 5.74) is 3.07. The van der Waals surface area contributed by atoms with Crippen LogP contribution in [0, 0.1) is 0 Å². The smallest absolute Gasteiger partial charge is 0.274 e. The second-order valence-electron chi connectivity index (χ2n) is 6.41. The van der Waals surface area contributed by atoms with Crippen LogP contribution in [0.5, 0.6) is 5.75 Å². The van der Waals surface area contributed by atoms with E-state index < -0.39 is 0 Å². The van der Waals surface area contributed by atoms with Gasteiger partial charge in [-0.15, -0.1) is 0 Å². The van der Waals surface area contributed by atoms with Crippen LogP contribution >= 0.6 is 0 Å². The lowest BCUT2D eigenvalue weighted by molar-refractivity contribution is 0.102. The predicted octanol–water partition coefficient (Wildman–Crippen LogP) is 4.73. The molecule has 2 N–H and O–H groups in total. The first kappa shape index (κ1) is 18.5. The second-order valence-corrected chi connectivity index (χ2v) is 6.41. The Balaban J connectivity index is 1.61. The minimum atomic E-state index is -0.254. The monoisotopic (exact) mass is 361 g/mol. The van der Waals surface area contributed by atoms with Crippen LogP contribution in [0.4, 0.5) is 11.4 Å². The molecular weight excluding hydrogens is 338 g/mol. The molecule has 5 heteroatoms. The van der Waals surface area contributed by atoms with E-state index in [1.807, 2.05) is 62.4 Å². The number of amides is 1. The van der Waals surface area contributed by atoms with E-state index >= 15 is 0 Å². The van der Waals surface area contributed by atoms with Crippen molar-refractivity contribution in [2.75, 3.05) is 10.6 Å². The van der Waals surface area contributed by atoms with Gasteiger partial charge in [-0.2, -0.15) is 0 Å². The van der Waals surface area contributed by atoms with Gasteiger partial charge in [0.05, 0.1) is 6.10 Å². The molecule has 1 heterocycles. The first-order valence-electron chi connectivity index (χ1n) is 8.92. The van der Waals surface area contributed by atoms with Crippen LogP contribution in [-0.4, -0.2) is 17.0 Å². The fraction of sp³-hybridized carbons (Fsp3) is 0.182. The first-order chi connectivity index (χ1) is 13.1. The van der Waals surface area contributed by atoms with Gasteiger partial charge in [-0.25, -0.2) is 0 Å². The van der Waals surface area contributed by atoms with Crippen molar-refractivity contribution < 1.29 is 9.53 Å². The van der Waals surface area contributed by atoms with Crippen molar-refractivity contribution in [3.8, 4) is 5.75 Å². The fourth-order valence-electron chi connectivity index (χ4n) is 2.55. The third kappa shape index (κ3) is 5.57. The molecule has 0 unspecified atom stereocenters. The van der Waals surface area contributed by atoms with E-state index in [9.17, 15) is 4.79 Å². The molecule has 1 amide bonds. The SMILES string of the molecule is CC(C)Oc1ccc(NC(=O)c2cc(NCc3ccccc3)ccn2)cc1. The Labute approximate surface area is 159 Å². The molecule has 0 radical (unpaired) electrons.